The maximum Gasteiger partial charge on any atom is 0.250 e. The summed E-state index contributed by atoms with van der Waals surface area (Å²) in [6.45, 7) is 1.74. The van der Waals surface area contributed by atoms with Crippen LogP contribution in [-0.4, -0.2) is 25.5 Å². The van der Waals surface area contributed by atoms with Crippen LogP contribution in [0.5, 0.6) is 0 Å². The number of halogens is 1. The van der Waals surface area contributed by atoms with Crippen LogP contribution in [-0.2, 0) is 11.8 Å². The van der Waals surface area contributed by atoms with E-state index >= 15 is 0 Å². The van der Waals surface area contributed by atoms with Gasteiger partial charge in [-0.05, 0) is 6.92 Å². The van der Waals surface area contributed by atoms with Gasteiger partial charge in [0.25, 0.3) is 0 Å². The second-order valence-electron chi connectivity index (χ2n) is 3.68. The highest BCUT2D eigenvalue weighted by molar-refractivity contribution is 6.30. The molecule has 1 atom stereocenters. The van der Waals surface area contributed by atoms with Crippen molar-refractivity contribution in [2.24, 2.45) is 7.05 Å². The van der Waals surface area contributed by atoms with Gasteiger partial charge in [0.1, 0.15) is 6.04 Å². The van der Waals surface area contributed by atoms with Crippen LogP contribution in [0.1, 0.15) is 13.0 Å². The quantitative estimate of drug-likeness (QED) is 0.901. The molecule has 6 nitrogen and oxygen atoms in total. The number of hydrogen-bond acceptors (Lipinski definition) is 3. The van der Waals surface area contributed by atoms with Crippen LogP contribution in [0.4, 0.5) is 5.82 Å². The second-order valence-corrected chi connectivity index (χ2v) is 4.11. The fourth-order valence-corrected chi connectivity index (χ4v) is 1.50. The molecule has 0 aromatic carbocycles. The molecule has 2 heterocycles. The molecule has 7 heteroatoms. The molecular weight excluding hydrogens is 242 g/mol. The molecule has 0 fully saturated rings. The number of aryl methyl sites for hydroxylation is 1. The first-order chi connectivity index (χ1) is 8.06. The number of anilines is 1. The van der Waals surface area contributed by atoms with Gasteiger partial charge in [-0.2, -0.15) is 10.2 Å². The molecule has 1 unspecified atom stereocenters. The number of carbonyl (C=O) groups excluding carboxylic acids is 1. The molecule has 1 amide bonds. The van der Waals surface area contributed by atoms with Gasteiger partial charge in [-0.15, -0.1) is 0 Å². The van der Waals surface area contributed by atoms with Gasteiger partial charge < -0.3 is 5.32 Å². The summed E-state index contributed by atoms with van der Waals surface area (Å²) in [5.41, 5.74) is 0. The Balaban J connectivity index is 2.05. The Morgan fingerprint density at radius 3 is 2.88 bits per heavy atom. The van der Waals surface area contributed by atoms with Gasteiger partial charge in [-0.25, -0.2) is 0 Å². The largest absolute Gasteiger partial charge is 0.307 e. The minimum atomic E-state index is -0.440. The number of nitrogens with one attached hydrogen (secondary N) is 1. The van der Waals surface area contributed by atoms with E-state index < -0.39 is 6.04 Å². The lowest BCUT2D eigenvalue weighted by atomic mass is 10.3. The predicted octanol–water partition coefficient (Wildman–Crippen LogP) is 1.47. The number of hydrogen-bond donors (Lipinski definition) is 1. The van der Waals surface area contributed by atoms with Crippen LogP contribution in [0.2, 0.25) is 5.02 Å². The first-order valence-electron chi connectivity index (χ1n) is 5.06. The Kier molecular flexibility index (Phi) is 3.14. The number of nitrogens with zero attached hydrogens (tertiary/aromatic N) is 4. The fraction of sp³-hybridized carbons (Fsp3) is 0.300. The van der Waals surface area contributed by atoms with E-state index in [1.54, 1.807) is 37.1 Å². The lowest BCUT2D eigenvalue weighted by molar-refractivity contribution is -0.119. The van der Waals surface area contributed by atoms with E-state index in [2.05, 4.69) is 15.5 Å². The number of amides is 1. The maximum atomic E-state index is 11.9. The van der Waals surface area contributed by atoms with Crippen molar-refractivity contribution in [1.29, 1.82) is 0 Å². The molecule has 0 radical (unpaired) electrons. The van der Waals surface area contributed by atoms with Gasteiger partial charge in [-0.3, -0.25) is 14.2 Å². The molecule has 2 rings (SSSR count). The highest BCUT2D eigenvalue weighted by atomic mass is 35.5. The van der Waals surface area contributed by atoms with Crippen LogP contribution >= 0.6 is 11.6 Å². The number of aromatic nitrogens is 4. The van der Waals surface area contributed by atoms with Gasteiger partial charge in [0, 0.05) is 25.5 Å². The topological polar surface area (TPSA) is 64.7 Å². The van der Waals surface area contributed by atoms with Crippen LogP contribution in [0.15, 0.2) is 24.7 Å². The van der Waals surface area contributed by atoms with E-state index in [4.69, 9.17) is 11.6 Å². The highest BCUT2D eigenvalue weighted by Gasteiger charge is 2.16. The third-order valence-electron chi connectivity index (χ3n) is 2.31. The van der Waals surface area contributed by atoms with Gasteiger partial charge in [0.2, 0.25) is 5.91 Å². The van der Waals surface area contributed by atoms with Crippen molar-refractivity contribution in [2.75, 3.05) is 5.32 Å². The van der Waals surface area contributed by atoms with E-state index in [-0.39, 0.29) is 5.91 Å². The molecule has 17 heavy (non-hydrogen) atoms. The van der Waals surface area contributed by atoms with Gasteiger partial charge >= 0.3 is 0 Å². The van der Waals surface area contributed by atoms with Crippen molar-refractivity contribution >= 4 is 23.3 Å². The lowest BCUT2D eigenvalue weighted by Gasteiger charge is -2.10. The molecule has 1 N–H and O–H groups in total. The Labute approximate surface area is 103 Å². The standard InChI is InChI=1S/C10H12ClN5O/c1-7(16-6-8(11)5-12-16)10(17)13-9-3-4-15(2)14-9/h3-7H,1-2H3,(H,13,14,17). The predicted molar refractivity (Wildman–Crippen MR) is 63.8 cm³/mol. The maximum absolute atomic E-state index is 11.9. The SMILES string of the molecule is CC(C(=O)Nc1ccn(C)n1)n1cc(Cl)cn1. The average Bonchev–Trinajstić information content (AvgIpc) is 2.87. The van der Waals surface area contributed by atoms with Crippen molar-refractivity contribution in [2.45, 2.75) is 13.0 Å². The zero-order chi connectivity index (χ0) is 12.4. The summed E-state index contributed by atoms with van der Waals surface area (Å²) in [5.74, 6) is 0.325. The first kappa shape index (κ1) is 11.7. The molecule has 0 saturated carbocycles. The third kappa shape index (κ3) is 2.65. The number of rotatable bonds is 3. The van der Waals surface area contributed by atoms with E-state index in [0.29, 0.717) is 10.8 Å². The van der Waals surface area contributed by atoms with Crippen LogP contribution in [0, 0.1) is 0 Å². The zero-order valence-corrected chi connectivity index (χ0v) is 10.2. The summed E-state index contributed by atoms with van der Waals surface area (Å²) in [6.07, 6.45) is 4.85. The van der Waals surface area contributed by atoms with Gasteiger partial charge in [0.05, 0.1) is 11.2 Å². The van der Waals surface area contributed by atoms with Crippen molar-refractivity contribution in [3.8, 4) is 0 Å². The Bertz CT molecular complexity index is 532. The Morgan fingerprint density at radius 1 is 1.59 bits per heavy atom. The summed E-state index contributed by atoms with van der Waals surface area (Å²) in [5, 5.41) is 11.2. The lowest BCUT2D eigenvalue weighted by Crippen LogP contribution is -2.24. The minimum absolute atomic E-state index is 0.191. The number of carbonyl (C=O) groups is 1. The molecule has 2 aromatic heterocycles. The summed E-state index contributed by atoms with van der Waals surface area (Å²) in [4.78, 5) is 11.9. The minimum Gasteiger partial charge on any atom is -0.307 e. The molecule has 0 bridgehead atoms. The molecular formula is C10H12ClN5O. The molecule has 0 spiro atoms. The average molecular weight is 254 g/mol. The molecule has 0 aliphatic carbocycles. The van der Waals surface area contributed by atoms with Gasteiger partial charge in [-0.1, -0.05) is 11.6 Å². The van der Waals surface area contributed by atoms with Crippen molar-refractivity contribution in [3.05, 3.63) is 29.7 Å². The zero-order valence-electron chi connectivity index (χ0n) is 9.46. The van der Waals surface area contributed by atoms with Crippen LogP contribution < -0.4 is 5.32 Å². The van der Waals surface area contributed by atoms with Crippen LogP contribution in [0.25, 0.3) is 0 Å². The van der Waals surface area contributed by atoms with E-state index in [9.17, 15) is 4.79 Å². The van der Waals surface area contributed by atoms with Crippen molar-refractivity contribution in [1.82, 2.24) is 19.6 Å². The fourth-order valence-electron chi connectivity index (χ4n) is 1.36. The molecule has 0 aliphatic heterocycles. The van der Waals surface area contributed by atoms with Crippen molar-refractivity contribution in [3.63, 3.8) is 0 Å². The third-order valence-corrected chi connectivity index (χ3v) is 2.51. The summed E-state index contributed by atoms with van der Waals surface area (Å²) >= 11 is 5.74. The molecule has 2 aromatic rings. The summed E-state index contributed by atoms with van der Waals surface area (Å²) in [6, 6.07) is 1.28. The molecule has 0 aliphatic rings. The summed E-state index contributed by atoms with van der Waals surface area (Å²) < 4.78 is 3.12. The van der Waals surface area contributed by atoms with E-state index in [0.717, 1.165) is 0 Å². The Hall–Kier alpha value is -1.82. The molecule has 0 saturated heterocycles. The smallest absolute Gasteiger partial charge is 0.250 e. The van der Waals surface area contributed by atoms with E-state index in [1.807, 2.05) is 0 Å². The van der Waals surface area contributed by atoms with Crippen molar-refractivity contribution < 1.29 is 4.79 Å². The van der Waals surface area contributed by atoms with Crippen LogP contribution in [0.3, 0.4) is 0 Å². The monoisotopic (exact) mass is 253 g/mol. The second kappa shape index (κ2) is 4.58. The van der Waals surface area contributed by atoms with E-state index in [1.165, 1.54) is 10.9 Å². The normalized spacial score (nSPS) is 12.4. The highest BCUT2D eigenvalue weighted by Crippen LogP contribution is 2.12. The summed E-state index contributed by atoms with van der Waals surface area (Å²) in [7, 11) is 1.78. The molecule has 90 valence electrons. The Morgan fingerprint density at radius 2 is 2.35 bits per heavy atom. The first-order valence-corrected chi connectivity index (χ1v) is 5.44. The van der Waals surface area contributed by atoms with Gasteiger partial charge in [0.15, 0.2) is 5.82 Å².